The predicted octanol–water partition coefficient (Wildman–Crippen LogP) is 12.6. The van der Waals surface area contributed by atoms with Crippen LogP contribution in [0.2, 0.25) is 0 Å². The molecule has 0 fully saturated rings. The molecular formula is C47H34S. The molecular weight excluding hydrogens is 597 g/mol. The van der Waals surface area contributed by atoms with Crippen molar-refractivity contribution in [2.24, 2.45) is 0 Å². The molecule has 0 aromatic heterocycles. The van der Waals surface area contributed by atoms with Crippen LogP contribution in [-0.4, -0.2) is 0 Å². The molecule has 0 nitrogen and oxygen atoms in total. The number of benzene rings is 8. The van der Waals surface area contributed by atoms with Crippen molar-refractivity contribution in [2.45, 2.75) is 28.0 Å². The largest absolute Gasteiger partial charge is 0.0894 e. The molecule has 8 aromatic carbocycles. The van der Waals surface area contributed by atoms with Gasteiger partial charge in [-0.2, -0.15) is 0 Å². The fraction of sp³-hybridized carbons (Fsp3) is 0.0638. The van der Waals surface area contributed by atoms with Crippen LogP contribution in [0.25, 0.3) is 43.8 Å². The van der Waals surface area contributed by atoms with Gasteiger partial charge in [-0.15, -0.1) is 0 Å². The number of hydrogen-bond acceptors (Lipinski definition) is 1. The Bertz CT molecular complexity index is 2300. The van der Waals surface area contributed by atoms with Crippen LogP contribution in [0.15, 0.2) is 192 Å². The molecule has 0 bridgehead atoms. The maximum absolute atomic E-state index is 2.37. The average molecular weight is 631 g/mol. The molecule has 0 radical (unpaired) electrons. The highest BCUT2D eigenvalue weighted by atomic mass is 32.2. The molecule has 228 valence electrons. The second-order valence-electron chi connectivity index (χ2n) is 13.0. The zero-order valence-electron chi connectivity index (χ0n) is 26.6. The maximum Gasteiger partial charge on any atom is 0.0318 e. The first-order valence-electron chi connectivity index (χ1n) is 16.8. The second-order valence-corrected chi connectivity index (χ2v) is 14.1. The van der Waals surface area contributed by atoms with E-state index in [1.165, 1.54) is 75.8 Å². The summed E-state index contributed by atoms with van der Waals surface area (Å²) in [4.78, 5) is 2.73. The SMILES string of the molecule is c1ccc(CC2(Cc3ccc(-c4ccc(-c5ccccc5)cc4)cc3)c3c(ccc4ccccc34)Sc3ccc4ccccc4c32)cc1. The minimum absolute atomic E-state index is 0.280. The van der Waals surface area contributed by atoms with Gasteiger partial charge in [0, 0.05) is 15.2 Å². The van der Waals surface area contributed by atoms with Gasteiger partial charge in [0.25, 0.3) is 0 Å². The molecule has 0 unspecified atom stereocenters. The third-order valence-electron chi connectivity index (χ3n) is 10.1. The lowest BCUT2D eigenvalue weighted by Crippen LogP contribution is -2.36. The molecule has 1 aliphatic rings. The smallest absolute Gasteiger partial charge is 0.0318 e. The Morgan fingerprint density at radius 2 is 0.729 bits per heavy atom. The Labute approximate surface area is 286 Å². The maximum atomic E-state index is 2.37. The average Bonchev–Trinajstić information content (AvgIpc) is 3.15. The van der Waals surface area contributed by atoms with Crippen LogP contribution in [0.3, 0.4) is 0 Å². The zero-order valence-corrected chi connectivity index (χ0v) is 27.5. The fourth-order valence-electron chi connectivity index (χ4n) is 7.91. The lowest BCUT2D eigenvalue weighted by Gasteiger charge is -2.43. The monoisotopic (exact) mass is 630 g/mol. The Balaban J connectivity index is 1.22. The topological polar surface area (TPSA) is 0 Å². The van der Waals surface area contributed by atoms with Crippen LogP contribution in [-0.2, 0) is 18.3 Å². The summed E-state index contributed by atoms with van der Waals surface area (Å²) in [6.07, 6.45) is 1.82. The molecule has 0 N–H and O–H groups in total. The molecule has 9 rings (SSSR count). The minimum Gasteiger partial charge on any atom is -0.0894 e. The Morgan fingerprint density at radius 1 is 0.333 bits per heavy atom. The minimum atomic E-state index is -0.280. The summed E-state index contributed by atoms with van der Waals surface area (Å²) >= 11 is 1.93. The fourth-order valence-corrected chi connectivity index (χ4v) is 9.24. The van der Waals surface area contributed by atoms with Gasteiger partial charge in [-0.3, -0.25) is 0 Å². The van der Waals surface area contributed by atoms with Crippen molar-refractivity contribution < 1.29 is 0 Å². The summed E-state index contributed by atoms with van der Waals surface area (Å²) in [5, 5.41) is 5.30. The number of fused-ring (bicyclic) bond motifs is 6. The van der Waals surface area contributed by atoms with Gasteiger partial charge in [0.15, 0.2) is 0 Å². The van der Waals surface area contributed by atoms with Crippen LogP contribution in [0, 0.1) is 0 Å². The Morgan fingerprint density at radius 3 is 1.25 bits per heavy atom. The van der Waals surface area contributed by atoms with Gasteiger partial charge in [-0.1, -0.05) is 182 Å². The zero-order chi connectivity index (χ0) is 31.9. The van der Waals surface area contributed by atoms with Crippen molar-refractivity contribution in [1.29, 1.82) is 0 Å². The first kappa shape index (κ1) is 28.8. The van der Waals surface area contributed by atoms with E-state index in [4.69, 9.17) is 0 Å². The summed E-state index contributed by atoms with van der Waals surface area (Å²) in [7, 11) is 0. The third-order valence-corrected chi connectivity index (χ3v) is 11.2. The molecule has 1 heteroatoms. The van der Waals surface area contributed by atoms with Crippen molar-refractivity contribution in [3.63, 3.8) is 0 Å². The van der Waals surface area contributed by atoms with Crippen LogP contribution in [0.1, 0.15) is 22.3 Å². The Kier molecular flexibility index (Phi) is 7.21. The van der Waals surface area contributed by atoms with Gasteiger partial charge in [0.05, 0.1) is 0 Å². The van der Waals surface area contributed by atoms with E-state index in [1.54, 1.807) is 0 Å². The summed E-state index contributed by atoms with van der Waals surface area (Å²) in [6.45, 7) is 0. The van der Waals surface area contributed by atoms with E-state index in [1.807, 2.05) is 11.8 Å². The molecule has 0 saturated carbocycles. The molecule has 1 heterocycles. The van der Waals surface area contributed by atoms with Gasteiger partial charge >= 0.3 is 0 Å². The van der Waals surface area contributed by atoms with Crippen molar-refractivity contribution in [1.82, 2.24) is 0 Å². The number of hydrogen-bond donors (Lipinski definition) is 0. The molecule has 0 amide bonds. The molecule has 0 aliphatic carbocycles. The highest BCUT2D eigenvalue weighted by Gasteiger charge is 2.43. The van der Waals surface area contributed by atoms with E-state index in [0.717, 1.165) is 12.8 Å². The first-order chi connectivity index (χ1) is 23.7. The van der Waals surface area contributed by atoms with Gasteiger partial charge in [0.1, 0.15) is 0 Å². The van der Waals surface area contributed by atoms with Crippen LogP contribution >= 0.6 is 11.8 Å². The first-order valence-corrected chi connectivity index (χ1v) is 17.6. The van der Waals surface area contributed by atoms with Gasteiger partial charge in [-0.25, -0.2) is 0 Å². The number of rotatable bonds is 6. The van der Waals surface area contributed by atoms with Crippen molar-refractivity contribution in [3.8, 4) is 22.3 Å². The van der Waals surface area contributed by atoms with Crippen molar-refractivity contribution in [2.75, 3.05) is 0 Å². The van der Waals surface area contributed by atoms with E-state index < -0.39 is 0 Å². The summed E-state index contributed by atoms with van der Waals surface area (Å²) in [5.74, 6) is 0. The summed E-state index contributed by atoms with van der Waals surface area (Å²) in [5.41, 5.74) is 10.3. The molecule has 0 atom stereocenters. The second kappa shape index (κ2) is 12.0. The van der Waals surface area contributed by atoms with E-state index in [-0.39, 0.29) is 5.41 Å². The van der Waals surface area contributed by atoms with Crippen LogP contribution < -0.4 is 0 Å². The molecule has 0 spiro atoms. The lowest BCUT2D eigenvalue weighted by atomic mass is 9.64. The quantitative estimate of drug-likeness (QED) is 0.176. The van der Waals surface area contributed by atoms with Crippen LogP contribution in [0.5, 0.6) is 0 Å². The summed E-state index contributed by atoms with van der Waals surface area (Å²) < 4.78 is 0. The van der Waals surface area contributed by atoms with Gasteiger partial charge < -0.3 is 0 Å². The van der Waals surface area contributed by atoms with Crippen molar-refractivity contribution >= 4 is 33.3 Å². The van der Waals surface area contributed by atoms with E-state index in [0.29, 0.717) is 0 Å². The van der Waals surface area contributed by atoms with Gasteiger partial charge in [-0.05, 0) is 91.0 Å². The lowest BCUT2D eigenvalue weighted by molar-refractivity contribution is 0.494. The summed E-state index contributed by atoms with van der Waals surface area (Å²) in [6, 6.07) is 67.3. The highest BCUT2D eigenvalue weighted by Crippen LogP contribution is 2.56. The van der Waals surface area contributed by atoms with E-state index in [2.05, 4.69) is 182 Å². The molecule has 8 aromatic rings. The predicted molar refractivity (Wildman–Crippen MR) is 204 cm³/mol. The van der Waals surface area contributed by atoms with E-state index >= 15 is 0 Å². The molecule has 1 aliphatic heterocycles. The third kappa shape index (κ3) is 5.03. The standard InChI is InChI=1S/C47H34S/c1-3-11-33(12-4-1)31-47(32-34-19-21-36(22-20-34)38-25-23-37(24-26-38)35-13-5-2-6-14-35)45-41-17-9-7-15-39(41)27-29-43(45)48-44-30-28-40-16-8-10-18-42(40)46(44)47/h1-30H,31-32H2. The van der Waals surface area contributed by atoms with Gasteiger partial charge in [0.2, 0.25) is 0 Å². The van der Waals surface area contributed by atoms with Crippen LogP contribution in [0.4, 0.5) is 0 Å². The van der Waals surface area contributed by atoms with Crippen molar-refractivity contribution in [3.05, 3.63) is 204 Å². The van der Waals surface area contributed by atoms with E-state index in [9.17, 15) is 0 Å². The highest BCUT2D eigenvalue weighted by molar-refractivity contribution is 7.99. The Hall–Kier alpha value is -5.37. The molecule has 48 heavy (non-hydrogen) atoms. The molecule has 0 saturated heterocycles. The normalized spacial score (nSPS) is 13.2.